The van der Waals surface area contributed by atoms with Gasteiger partial charge in [-0.15, -0.1) is 0 Å². The Kier molecular flexibility index (Phi) is 5.04. The molecule has 3 heteroatoms. The van der Waals surface area contributed by atoms with E-state index in [2.05, 4.69) is 48.3 Å². The van der Waals surface area contributed by atoms with Crippen molar-refractivity contribution in [3.63, 3.8) is 0 Å². The van der Waals surface area contributed by atoms with Gasteiger partial charge in [0.25, 0.3) is 0 Å². The molecule has 1 aliphatic heterocycles. The molecule has 1 aromatic rings. The average molecular weight is 302 g/mol. The molecule has 0 spiro atoms. The lowest BCUT2D eigenvalue weighted by atomic mass is 9.76. The van der Waals surface area contributed by atoms with Crippen molar-refractivity contribution in [1.82, 2.24) is 5.32 Å². The second-order valence-corrected chi connectivity index (χ2v) is 7.16. The predicted octanol–water partition coefficient (Wildman–Crippen LogP) is 3.10. The van der Waals surface area contributed by atoms with Gasteiger partial charge in [-0.25, -0.2) is 0 Å². The average Bonchev–Trinajstić information content (AvgIpc) is 2.51. The van der Waals surface area contributed by atoms with E-state index in [1.54, 1.807) is 0 Å². The summed E-state index contributed by atoms with van der Waals surface area (Å²) in [5.74, 6) is 0.690. The molecule has 0 radical (unpaired) electrons. The Balaban J connectivity index is 1.48. The van der Waals surface area contributed by atoms with Gasteiger partial charge in [0, 0.05) is 30.9 Å². The van der Waals surface area contributed by atoms with E-state index >= 15 is 0 Å². The molecule has 22 heavy (non-hydrogen) atoms. The van der Waals surface area contributed by atoms with Crippen LogP contribution in [0, 0.1) is 12.8 Å². The Morgan fingerprint density at radius 3 is 2.36 bits per heavy atom. The molecule has 1 atom stereocenters. The third-order valence-electron chi connectivity index (χ3n) is 5.50. The molecule has 0 bridgehead atoms. The van der Waals surface area contributed by atoms with E-state index in [0.29, 0.717) is 18.0 Å². The van der Waals surface area contributed by atoms with Crippen molar-refractivity contribution in [2.45, 2.75) is 64.1 Å². The predicted molar refractivity (Wildman–Crippen MR) is 92.4 cm³/mol. The first-order chi connectivity index (χ1) is 10.7. The van der Waals surface area contributed by atoms with Crippen LogP contribution in [0.4, 0.5) is 5.69 Å². The van der Waals surface area contributed by atoms with Gasteiger partial charge in [-0.1, -0.05) is 24.6 Å². The molecule has 3 rings (SSSR count). The quantitative estimate of drug-likeness (QED) is 0.877. The first-order valence-electron chi connectivity index (χ1n) is 8.91. The summed E-state index contributed by atoms with van der Waals surface area (Å²) in [6.07, 6.45) is 5.57. The Morgan fingerprint density at radius 1 is 1.18 bits per heavy atom. The van der Waals surface area contributed by atoms with Crippen LogP contribution in [0.2, 0.25) is 0 Å². The van der Waals surface area contributed by atoms with Gasteiger partial charge >= 0.3 is 0 Å². The zero-order valence-electron chi connectivity index (χ0n) is 14.0. The highest BCUT2D eigenvalue weighted by molar-refractivity contribution is 5.47. The summed E-state index contributed by atoms with van der Waals surface area (Å²) in [6, 6.07) is 10.1. The first kappa shape index (κ1) is 15.8. The topological polar surface area (TPSA) is 35.5 Å². The number of benzene rings is 1. The van der Waals surface area contributed by atoms with Gasteiger partial charge in [-0.3, -0.25) is 0 Å². The summed E-state index contributed by atoms with van der Waals surface area (Å²) < 4.78 is 0. The van der Waals surface area contributed by atoms with Gasteiger partial charge in [-0.05, 0) is 57.1 Å². The van der Waals surface area contributed by atoms with E-state index in [4.69, 9.17) is 0 Å². The summed E-state index contributed by atoms with van der Waals surface area (Å²) in [4.78, 5) is 2.51. The van der Waals surface area contributed by atoms with Crippen molar-refractivity contribution >= 4 is 5.69 Å². The number of hydrogen-bond acceptors (Lipinski definition) is 3. The monoisotopic (exact) mass is 302 g/mol. The summed E-state index contributed by atoms with van der Waals surface area (Å²) in [5, 5.41) is 13.4. The van der Waals surface area contributed by atoms with Gasteiger partial charge in [0.1, 0.15) is 0 Å². The molecule has 1 aromatic carbocycles. The molecule has 2 fully saturated rings. The minimum absolute atomic E-state index is 0.0377. The van der Waals surface area contributed by atoms with E-state index in [9.17, 15) is 5.11 Å². The molecule has 122 valence electrons. The number of rotatable bonds is 5. The molecule has 2 N–H and O–H groups in total. The highest BCUT2D eigenvalue weighted by atomic mass is 16.3. The molecule has 3 nitrogen and oxygen atoms in total. The number of hydrogen-bond donors (Lipinski definition) is 2. The number of aliphatic hydroxyl groups excluding tert-OH is 1. The van der Waals surface area contributed by atoms with E-state index in [1.807, 2.05) is 0 Å². The lowest BCUT2D eigenvalue weighted by molar-refractivity contribution is 0.0209. The van der Waals surface area contributed by atoms with Crippen LogP contribution in [-0.2, 0) is 0 Å². The van der Waals surface area contributed by atoms with Crippen molar-refractivity contribution in [3.8, 4) is 0 Å². The molecule has 1 saturated heterocycles. The zero-order valence-corrected chi connectivity index (χ0v) is 14.0. The summed E-state index contributed by atoms with van der Waals surface area (Å²) in [7, 11) is 0. The number of piperidine rings is 1. The molecule has 0 unspecified atom stereocenters. The Bertz CT molecular complexity index is 459. The second kappa shape index (κ2) is 7.01. The van der Waals surface area contributed by atoms with Crippen molar-refractivity contribution < 1.29 is 5.11 Å². The molecule has 0 aromatic heterocycles. The molecule has 2 aliphatic rings. The highest BCUT2D eigenvalue weighted by Crippen LogP contribution is 2.32. The smallest absolute Gasteiger partial charge is 0.0546 e. The van der Waals surface area contributed by atoms with Crippen molar-refractivity contribution in [2.24, 2.45) is 5.92 Å². The first-order valence-corrected chi connectivity index (χ1v) is 8.91. The molecular formula is C19H30N2O. The fraction of sp³-hybridized carbons (Fsp3) is 0.684. The van der Waals surface area contributed by atoms with Gasteiger partial charge in [-0.2, -0.15) is 0 Å². The van der Waals surface area contributed by atoms with E-state index in [1.165, 1.54) is 30.5 Å². The van der Waals surface area contributed by atoms with Gasteiger partial charge in [0.2, 0.25) is 0 Å². The third kappa shape index (κ3) is 3.64. The zero-order chi connectivity index (χ0) is 15.5. The summed E-state index contributed by atoms with van der Waals surface area (Å²) in [6.45, 7) is 6.70. The van der Waals surface area contributed by atoms with Gasteiger partial charge < -0.3 is 15.3 Å². The second-order valence-electron chi connectivity index (χ2n) is 7.16. The van der Waals surface area contributed by atoms with E-state index in [0.717, 1.165) is 25.9 Å². The minimum atomic E-state index is -0.0377. The van der Waals surface area contributed by atoms with Gasteiger partial charge in [0.15, 0.2) is 0 Å². The Morgan fingerprint density at radius 2 is 1.82 bits per heavy atom. The Labute approximate surface area is 134 Å². The van der Waals surface area contributed by atoms with E-state index < -0.39 is 0 Å². The molecular weight excluding hydrogens is 272 g/mol. The summed E-state index contributed by atoms with van der Waals surface area (Å²) in [5.41, 5.74) is 2.69. The largest absolute Gasteiger partial charge is 0.393 e. The SMILES string of the molecule is CC[C@H](NC1CCN(c2ccc(C)cc2)CC1)C1CC(O)C1. The highest BCUT2D eigenvalue weighted by Gasteiger charge is 2.34. The normalized spacial score (nSPS) is 27.5. The lowest BCUT2D eigenvalue weighted by Gasteiger charge is -2.41. The van der Waals surface area contributed by atoms with Crippen molar-refractivity contribution in [3.05, 3.63) is 29.8 Å². The molecule has 1 heterocycles. The van der Waals surface area contributed by atoms with Crippen LogP contribution < -0.4 is 10.2 Å². The minimum Gasteiger partial charge on any atom is -0.393 e. The number of nitrogens with one attached hydrogen (secondary N) is 1. The van der Waals surface area contributed by atoms with Crippen LogP contribution in [0.15, 0.2) is 24.3 Å². The number of aliphatic hydroxyl groups is 1. The van der Waals surface area contributed by atoms with Gasteiger partial charge in [0.05, 0.1) is 6.10 Å². The Hall–Kier alpha value is -1.06. The number of anilines is 1. The number of aryl methyl sites for hydroxylation is 1. The van der Waals surface area contributed by atoms with Crippen molar-refractivity contribution in [1.29, 1.82) is 0 Å². The van der Waals surface area contributed by atoms with E-state index in [-0.39, 0.29) is 6.10 Å². The van der Waals surface area contributed by atoms with Crippen LogP contribution in [0.5, 0.6) is 0 Å². The maximum absolute atomic E-state index is 9.51. The van der Waals surface area contributed by atoms with Crippen LogP contribution in [0.25, 0.3) is 0 Å². The van der Waals surface area contributed by atoms with Crippen LogP contribution in [0.3, 0.4) is 0 Å². The van der Waals surface area contributed by atoms with Crippen molar-refractivity contribution in [2.75, 3.05) is 18.0 Å². The standard InChI is InChI=1S/C19H30N2O/c1-3-19(15-12-18(22)13-15)20-16-8-10-21(11-9-16)17-6-4-14(2)5-7-17/h4-7,15-16,18-20,22H,3,8-13H2,1-2H3/t15?,18?,19-/m0/s1. The molecule has 0 amide bonds. The third-order valence-corrected chi connectivity index (χ3v) is 5.50. The maximum Gasteiger partial charge on any atom is 0.0546 e. The number of nitrogens with zero attached hydrogens (tertiary/aromatic N) is 1. The molecule has 1 saturated carbocycles. The summed E-state index contributed by atoms with van der Waals surface area (Å²) >= 11 is 0. The van der Waals surface area contributed by atoms with Crippen LogP contribution in [0.1, 0.15) is 44.6 Å². The fourth-order valence-corrected chi connectivity index (χ4v) is 3.91. The van der Waals surface area contributed by atoms with Crippen LogP contribution >= 0.6 is 0 Å². The fourth-order valence-electron chi connectivity index (χ4n) is 3.91. The van der Waals surface area contributed by atoms with Crippen LogP contribution in [-0.4, -0.2) is 36.4 Å². The lowest BCUT2D eigenvalue weighted by Crippen LogP contribution is -2.51. The maximum atomic E-state index is 9.51. The molecule has 1 aliphatic carbocycles.